The molecular weight excluding hydrogens is 338 g/mol. The summed E-state index contributed by atoms with van der Waals surface area (Å²) in [6, 6.07) is 9.94. The number of likely N-dealkylation sites (N-methyl/N-ethyl adjacent to an activating group) is 1. The van der Waals surface area contributed by atoms with Crippen LogP contribution in [0.15, 0.2) is 30.3 Å². The molecule has 0 fully saturated rings. The van der Waals surface area contributed by atoms with Crippen molar-refractivity contribution in [3.05, 3.63) is 52.8 Å². The first-order valence-electron chi connectivity index (χ1n) is 9.29. The molecule has 0 spiro atoms. The van der Waals surface area contributed by atoms with E-state index >= 15 is 0 Å². The fourth-order valence-electron chi connectivity index (χ4n) is 3.62. The third kappa shape index (κ3) is 3.74. The number of aryl methyl sites for hydroxylation is 2. The first kappa shape index (κ1) is 19.1. The van der Waals surface area contributed by atoms with Crippen molar-refractivity contribution < 1.29 is 9.90 Å². The lowest BCUT2D eigenvalue weighted by molar-refractivity contribution is 0.0767. The number of aliphatic hydroxyl groups excluding tert-OH is 1. The molecule has 0 atom stereocenters. The Morgan fingerprint density at radius 1 is 1.19 bits per heavy atom. The Balaban J connectivity index is 2.17. The first-order chi connectivity index (χ1) is 12.8. The molecule has 0 aliphatic rings. The molecule has 0 bridgehead atoms. The largest absolute Gasteiger partial charge is 0.395 e. The number of benzene rings is 1. The zero-order valence-electron chi connectivity index (χ0n) is 16.6. The van der Waals surface area contributed by atoms with E-state index in [1.165, 1.54) is 5.56 Å². The van der Waals surface area contributed by atoms with E-state index < -0.39 is 0 Å². The Morgan fingerprint density at radius 2 is 1.85 bits per heavy atom. The molecule has 5 nitrogen and oxygen atoms in total. The van der Waals surface area contributed by atoms with Gasteiger partial charge in [0.15, 0.2) is 0 Å². The molecule has 2 heterocycles. The van der Waals surface area contributed by atoms with Crippen molar-refractivity contribution in [1.82, 2.24) is 14.9 Å². The lowest BCUT2D eigenvalue weighted by Crippen LogP contribution is -2.29. The summed E-state index contributed by atoms with van der Waals surface area (Å²) in [7, 11) is 1.71. The number of aromatic nitrogens is 2. The van der Waals surface area contributed by atoms with Crippen LogP contribution in [0.4, 0.5) is 0 Å². The van der Waals surface area contributed by atoms with Gasteiger partial charge < -0.3 is 15.0 Å². The quantitative estimate of drug-likeness (QED) is 0.717. The molecule has 3 rings (SSSR count). The smallest absolute Gasteiger partial charge is 0.253 e. The van der Waals surface area contributed by atoms with Crippen LogP contribution in [0.5, 0.6) is 0 Å². The Bertz CT molecular complexity index is 968. The van der Waals surface area contributed by atoms with Gasteiger partial charge in [0.25, 0.3) is 5.91 Å². The molecule has 0 radical (unpaired) electrons. The number of carbonyl (C=O) groups excluding carboxylic acids is 1. The minimum absolute atomic E-state index is 0.0449. The van der Waals surface area contributed by atoms with Crippen LogP contribution >= 0.6 is 0 Å². The molecule has 1 amide bonds. The predicted molar refractivity (Wildman–Crippen MR) is 109 cm³/mol. The fraction of sp³-hybridized carbons (Fsp3) is 0.364. The Kier molecular flexibility index (Phi) is 5.33. The number of pyridine rings is 1. The monoisotopic (exact) mass is 365 g/mol. The van der Waals surface area contributed by atoms with Crippen LogP contribution in [-0.4, -0.2) is 46.1 Å². The number of nitrogens with one attached hydrogen (secondary N) is 1. The van der Waals surface area contributed by atoms with E-state index in [0.29, 0.717) is 18.0 Å². The Hall–Kier alpha value is -2.66. The first-order valence-corrected chi connectivity index (χ1v) is 9.29. The van der Waals surface area contributed by atoms with Gasteiger partial charge in [-0.25, -0.2) is 0 Å². The molecule has 0 unspecified atom stereocenters. The average Bonchev–Trinajstić information content (AvgIpc) is 2.99. The number of nitrogens with zero attached hydrogens (tertiary/aromatic N) is 2. The minimum atomic E-state index is -0.0843. The minimum Gasteiger partial charge on any atom is -0.395 e. The molecule has 0 aliphatic carbocycles. The second kappa shape index (κ2) is 7.53. The van der Waals surface area contributed by atoms with Gasteiger partial charge in [-0.05, 0) is 55.7 Å². The third-order valence-electron chi connectivity index (χ3n) is 4.82. The van der Waals surface area contributed by atoms with Crippen LogP contribution in [-0.2, 0) is 0 Å². The van der Waals surface area contributed by atoms with Gasteiger partial charge in [-0.3, -0.25) is 9.78 Å². The lowest BCUT2D eigenvalue weighted by atomic mass is 9.95. The van der Waals surface area contributed by atoms with Crippen LogP contribution < -0.4 is 0 Å². The molecule has 0 aliphatic heterocycles. The van der Waals surface area contributed by atoms with Gasteiger partial charge in [-0.2, -0.15) is 0 Å². The SMILES string of the molecule is Cc1cc(-c2[nH]c3ccc(C(=O)N(C)CCO)cc3c2C(C)C)cc(C)n1. The number of carbonyl (C=O) groups is 1. The number of fused-ring (bicyclic) bond motifs is 1. The highest BCUT2D eigenvalue weighted by molar-refractivity contribution is 6.00. The number of H-pyrrole nitrogens is 1. The Morgan fingerprint density at radius 3 is 2.44 bits per heavy atom. The normalized spacial score (nSPS) is 11.4. The topological polar surface area (TPSA) is 69.2 Å². The van der Waals surface area contributed by atoms with E-state index in [1.807, 2.05) is 32.0 Å². The van der Waals surface area contributed by atoms with Gasteiger partial charge in [0.1, 0.15) is 0 Å². The molecular formula is C22H27N3O2. The van der Waals surface area contributed by atoms with E-state index in [9.17, 15) is 4.79 Å². The summed E-state index contributed by atoms with van der Waals surface area (Å²) < 4.78 is 0. The van der Waals surface area contributed by atoms with E-state index in [4.69, 9.17) is 5.11 Å². The number of rotatable bonds is 5. The Labute approximate surface area is 160 Å². The molecule has 1 aromatic carbocycles. The summed E-state index contributed by atoms with van der Waals surface area (Å²) in [5, 5.41) is 10.2. The molecule has 0 saturated carbocycles. The third-order valence-corrected chi connectivity index (χ3v) is 4.82. The van der Waals surface area contributed by atoms with Gasteiger partial charge in [-0.1, -0.05) is 13.8 Å². The van der Waals surface area contributed by atoms with Crippen LogP contribution in [0.25, 0.3) is 22.2 Å². The summed E-state index contributed by atoms with van der Waals surface area (Å²) in [5.41, 5.74) is 7.02. The highest BCUT2D eigenvalue weighted by atomic mass is 16.3. The lowest BCUT2D eigenvalue weighted by Gasteiger charge is -2.16. The maximum Gasteiger partial charge on any atom is 0.253 e. The van der Waals surface area contributed by atoms with Gasteiger partial charge in [0.05, 0.1) is 12.3 Å². The predicted octanol–water partition coefficient (Wildman–Crippen LogP) is 4.03. The van der Waals surface area contributed by atoms with Crippen molar-refractivity contribution in [3.8, 4) is 11.3 Å². The zero-order valence-corrected chi connectivity index (χ0v) is 16.6. The standard InChI is InChI=1S/C22H27N3O2/c1-13(2)20-18-12-16(22(27)25(5)8-9-26)6-7-19(18)24-21(20)17-10-14(3)23-15(4)11-17/h6-7,10-13,24,26H,8-9H2,1-5H3. The second-order valence-electron chi connectivity index (χ2n) is 7.42. The van der Waals surface area contributed by atoms with Gasteiger partial charge >= 0.3 is 0 Å². The van der Waals surface area contributed by atoms with E-state index in [2.05, 4.69) is 35.9 Å². The van der Waals surface area contributed by atoms with Crippen molar-refractivity contribution in [2.24, 2.45) is 0 Å². The average molecular weight is 365 g/mol. The van der Waals surface area contributed by atoms with E-state index in [0.717, 1.165) is 33.5 Å². The summed E-state index contributed by atoms with van der Waals surface area (Å²) in [4.78, 5) is 22.2. The zero-order chi connectivity index (χ0) is 19.7. The molecule has 0 saturated heterocycles. The van der Waals surface area contributed by atoms with Crippen molar-refractivity contribution in [3.63, 3.8) is 0 Å². The van der Waals surface area contributed by atoms with Crippen LogP contribution in [0.3, 0.4) is 0 Å². The van der Waals surface area contributed by atoms with E-state index in [1.54, 1.807) is 11.9 Å². The summed E-state index contributed by atoms with van der Waals surface area (Å²) >= 11 is 0. The van der Waals surface area contributed by atoms with Gasteiger partial charge in [-0.15, -0.1) is 0 Å². The highest BCUT2D eigenvalue weighted by Crippen LogP contribution is 2.36. The van der Waals surface area contributed by atoms with Crippen molar-refractivity contribution in [2.75, 3.05) is 20.2 Å². The fourth-order valence-corrected chi connectivity index (χ4v) is 3.62. The summed E-state index contributed by atoms with van der Waals surface area (Å²) in [5.74, 6) is 0.210. The molecule has 27 heavy (non-hydrogen) atoms. The number of hydrogen-bond acceptors (Lipinski definition) is 3. The molecule has 2 N–H and O–H groups in total. The van der Waals surface area contributed by atoms with Crippen molar-refractivity contribution >= 4 is 16.8 Å². The van der Waals surface area contributed by atoms with E-state index in [-0.39, 0.29) is 12.5 Å². The molecule has 2 aromatic heterocycles. The number of amides is 1. The van der Waals surface area contributed by atoms with Crippen LogP contribution in [0, 0.1) is 13.8 Å². The maximum absolute atomic E-state index is 12.6. The van der Waals surface area contributed by atoms with Crippen molar-refractivity contribution in [1.29, 1.82) is 0 Å². The molecule has 5 heteroatoms. The van der Waals surface area contributed by atoms with Crippen LogP contribution in [0.1, 0.15) is 47.1 Å². The number of aromatic amines is 1. The maximum atomic E-state index is 12.6. The molecule has 3 aromatic rings. The van der Waals surface area contributed by atoms with Gasteiger partial charge in [0.2, 0.25) is 0 Å². The number of hydrogen-bond donors (Lipinski definition) is 2. The summed E-state index contributed by atoms with van der Waals surface area (Å²) in [6.45, 7) is 8.61. The highest BCUT2D eigenvalue weighted by Gasteiger charge is 2.19. The summed E-state index contributed by atoms with van der Waals surface area (Å²) in [6.07, 6.45) is 0. The van der Waals surface area contributed by atoms with Gasteiger partial charge in [0, 0.05) is 47.0 Å². The van der Waals surface area contributed by atoms with Crippen LogP contribution in [0.2, 0.25) is 0 Å². The second-order valence-corrected chi connectivity index (χ2v) is 7.42. The van der Waals surface area contributed by atoms with Crippen molar-refractivity contribution in [2.45, 2.75) is 33.6 Å². The number of aliphatic hydroxyl groups is 1. The molecule has 142 valence electrons.